The molecule has 0 amide bonds. The van der Waals surface area contributed by atoms with Gasteiger partial charge in [-0.2, -0.15) is 5.26 Å². The molecule has 0 fully saturated rings. The standard InChI is InChI=1S/C28H27N3O6/c1-4-33-20-9-7-18(12-23(20)34-5-2)25-19(13-29)27(30)37-24-10-16(3)31(28(32)26(24)25)14-17-6-8-21-22(11-17)36-15-35-21/h6-12,25H,4-5,14-15,30H2,1-3H3/t25-/m0/s1. The van der Waals surface area contributed by atoms with E-state index in [1.54, 1.807) is 22.8 Å². The van der Waals surface area contributed by atoms with Crippen LogP contribution in [-0.2, 0) is 6.54 Å². The summed E-state index contributed by atoms with van der Waals surface area (Å²) in [6.07, 6.45) is 0. The largest absolute Gasteiger partial charge is 0.490 e. The number of pyridine rings is 1. The Morgan fingerprint density at radius 2 is 1.78 bits per heavy atom. The molecule has 3 aromatic rings. The molecule has 5 rings (SSSR count). The molecular formula is C28H27N3O6. The molecule has 3 heterocycles. The number of hydrogen-bond donors (Lipinski definition) is 1. The van der Waals surface area contributed by atoms with Crippen molar-refractivity contribution in [2.45, 2.75) is 33.2 Å². The third kappa shape index (κ3) is 4.31. The van der Waals surface area contributed by atoms with Crippen LogP contribution in [0.25, 0.3) is 0 Å². The monoisotopic (exact) mass is 501 g/mol. The second-order valence-electron chi connectivity index (χ2n) is 8.64. The molecule has 9 nitrogen and oxygen atoms in total. The molecule has 2 aliphatic rings. The van der Waals surface area contributed by atoms with Crippen molar-refractivity contribution < 1.29 is 23.7 Å². The fraction of sp³-hybridized carbons (Fsp3) is 0.286. The van der Waals surface area contributed by atoms with Crippen molar-refractivity contribution in [1.29, 1.82) is 5.26 Å². The number of allylic oxidation sites excluding steroid dienone is 1. The van der Waals surface area contributed by atoms with Gasteiger partial charge in [-0.15, -0.1) is 0 Å². The van der Waals surface area contributed by atoms with E-state index in [1.165, 1.54) is 0 Å². The Bertz CT molecular complexity index is 1500. The van der Waals surface area contributed by atoms with Crippen LogP contribution >= 0.6 is 0 Å². The van der Waals surface area contributed by atoms with E-state index in [-0.39, 0.29) is 23.8 Å². The van der Waals surface area contributed by atoms with Gasteiger partial charge in [0.15, 0.2) is 23.0 Å². The molecule has 37 heavy (non-hydrogen) atoms. The number of ether oxygens (including phenoxy) is 5. The molecule has 0 spiro atoms. The van der Waals surface area contributed by atoms with Gasteiger partial charge >= 0.3 is 0 Å². The van der Waals surface area contributed by atoms with Crippen molar-refractivity contribution in [1.82, 2.24) is 4.57 Å². The van der Waals surface area contributed by atoms with Crippen LogP contribution in [0.5, 0.6) is 28.7 Å². The first-order valence-electron chi connectivity index (χ1n) is 12.0. The van der Waals surface area contributed by atoms with Crippen molar-refractivity contribution in [2.24, 2.45) is 5.73 Å². The van der Waals surface area contributed by atoms with E-state index in [9.17, 15) is 10.1 Å². The Balaban J connectivity index is 1.64. The summed E-state index contributed by atoms with van der Waals surface area (Å²) < 4.78 is 29.8. The summed E-state index contributed by atoms with van der Waals surface area (Å²) >= 11 is 0. The molecule has 2 aliphatic heterocycles. The highest BCUT2D eigenvalue weighted by atomic mass is 16.7. The highest BCUT2D eigenvalue weighted by Gasteiger charge is 2.35. The zero-order valence-electron chi connectivity index (χ0n) is 20.9. The Labute approximate surface area is 214 Å². The number of benzene rings is 2. The maximum atomic E-state index is 14.0. The van der Waals surface area contributed by atoms with Gasteiger partial charge in [-0.05, 0) is 56.2 Å². The molecule has 1 aromatic heterocycles. The van der Waals surface area contributed by atoms with Gasteiger partial charge in [-0.25, -0.2) is 0 Å². The van der Waals surface area contributed by atoms with Crippen LogP contribution in [0.2, 0.25) is 0 Å². The summed E-state index contributed by atoms with van der Waals surface area (Å²) in [7, 11) is 0. The maximum absolute atomic E-state index is 14.0. The van der Waals surface area contributed by atoms with Crippen LogP contribution in [-0.4, -0.2) is 24.6 Å². The summed E-state index contributed by atoms with van der Waals surface area (Å²) in [6, 6.07) is 14.9. The van der Waals surface area contributed by atoms with Crippen molar-refractivity contribution in [2.75, 3.05) is 20.0 Å². The zero-order chi connectivity index (χ0) is 26.1. The van der Waals surface area contributed by atoms with E-state index in [4.69, 9.17) is 29.4 Å². The quantitative estimate of drug-likeness (QED) is 0.517. The first kappa shape index (κ1) is 24.1. The number of aromatic nitrogens is 1. The number of nitriles is 1. The number of rotatable bonds is 7. The molecule has 0 aliphatic carbocycles. The molecule has 0 unspecified atom stereocenters. The predicted molar refractivity (Wildman–Crippen MR) is 135 cm³/mol. The predicted octanol–water partition coefficient (Wildman–Crippen LogP) is 3.95. The normalized spacial score (nSPS) is 15.6. The van der Waals surface area contributed by atoms with Crippen molar-refractivity contribution in [3.8, 4) is 34.8 Å². The highest BCUT2D eigenvalue weighted by Crippen LogP contribution is 2.43. The smallest absolute Gasteiger partial charge is 0.259 e. The lowest BCUT2D eigenvalue weighted by Gasteiger charge is -2.28. The molecule has 190 valence electrons. The van der Waals surface area contributed by atoms with Crippen LogP contribution in [0.1, 0.15) is 42.1 Å². The highest BCUT2D eigenvalue weighted by molar-refractivity contribution is 5.57. The van der Waals surface area contributed by atoms with Gasteiger partial charge in [0.25, 0.3) is 5.56 Å². The SMILES string of the molecule is CCOc1ccc([C@H]2C(C#N)=C(N)Oc3cc(C)n(Cc4ccc5c(c4)OCO5)c(=O)c32)cc1OCC. The number of hydrogen-bond acceptors (Lipinski definition) is 8. The molecule has 0 saturated carbocycles. The summed E-state index contributed by atoms with van der Waals surface area (Å²) in [5, 5.41) is 10.0. The van der Waals surface area contributed by atoms with Crippen LogP contribution < -0.4 is 35.0 Å². The van der Waals surface area contributed by atoms with Gasteiger partial charge in [-0.3, -0.25) is 4.79 Å². The minimum Gasteiger partial charge on any atom is -0.490 e. The van der Waals surface area contributed by atoms with Crippen LogP contribution in [0.3, 0.4) is 0 Å². The van der Waals surface area contributed by atoms with Gasteiger partial charge in [0.1, 0.15) is 17.4 Å². The van der Waals surface area contributed by atoms with Crippen molar-refractivity contribution in [3.05, 3.63) is 86.7 Å². The fourth-order valence-electron chi connectivity index (χ4n) is 4.69. The molecule has 2 N–H and O–H groups in total. The average molecular weight is 502 g/mol. The fourth-order valence-corrected chi connectivity index (χ4v) is 4.69. The minimum absolute atomic E-state index is 0.0286. The molecule has 1 atom stereocenters. The number of aryl methyl sites for hydroxylation is 1. The topological polar surface area (TPSA) is 118 Å². The van der Waals surface area contributed by atoms with Crippen LogP contribution in [0.4, 0.5) is 0 Å². The molecule has 9 heteroatoms. The minimum atomic E-state index is -0.736. The van der Waals surface area contributed by atoms with Crippen molar-refractivity contribution in [3.63, 3.8) is 0 Å². The Morgan fingerprint density at radius 1 is 1.03 bits per heavy atom. The molecule has 0 bridgehead atoms. The zero-order valence-corrected chi connectivity index (χ0v) is 20.9. The maximum Gasteiger partial charge on any atom is 0.259 e. The van der Waals surface area contributed by atoms with E-state index < -0.39 is 5.92 Å². The van der Waals surface area contributed by atoms with Crippen LogP contribution in [0, 0.1) is 18.3 Å². The van der Waals surface area contributed by atoms with E-state index in [2.05, 4.69) is 6.07 Å². The van der Waals surface area contributed by atoms with Gasteiger partial charge in [0.2, 0.25) is 12.7 Å². The van der Waals surface area contributed by atoms with E-state index in [0.717, 1.165) is 5.56 Å². The number of fused-ring (bicyclic) bond motifs is 2. The van der Waals surface area contributed by atoms with E-state index in [1.807, 2.05) is 45.0 Å². The van der Waals surface area contributed by atoms with Gasteiger partial charge < -0.3 is 34.0 Å². The summed E-state index contributed by atoms with van der Waals surface area (Å²) in [5.41, 5.74) is 8.63. The molecule has 0 radical (unpaired) electrons. The molecule has 2 aromatic carbocycles. The summed E-state index contributed by atoms with van der Waals surface area (Å²) in [5.74, 6) is 1.99. The van der Waals surface area contributed by atoms with E-state index in [0.29, 0.717) is 65.3 Å². The summed E-state index contributed by atoms with van der Waals surface area (Å²) in [4.78, 5) is 14.0. The van der Waals surface area contributed by atoms with Gasteiger partial charge in [0.05, 0.1) is 31.2 Å². The lowest BCUT2D eigenvalue weighted by atomic mass is 9.83. The average Bonchev–Trinajstić information content (AvgIpc) is 3.35. The Kier molecular flexibility index (Phi) is 6.40. The Morgan fingerprint density at radius 3 is 2.54 bits per heavy atom. The second-order valence-corrected chi connectivity index (χ2v) is 8.64. The third-order valence-electron chi connectivity index (χ3n) is 6.37. The molecule has 0 saturated heterocycles. The van der Waals surface area contributed by atoms with Gasteiger partial charge in [0, 0.05) is 11.8 Å². The lowest BCUT2D eigenvalue weighted by Crippen LogP contribution is -2.33. The summed E-state index contributed by atoms with van der Waals surface area (Å²) in [6.45, 7) is 6.97. The first-order valence-corrected chi connectivity index (χ1v) is 12.0. The second kappa shape index (κ2) is 9.82. The van der Waals surface area contributed by atoms with Crippen LogP contribution in [0.15, 0.2) is 58.7 Å². The van der Waals surface area contributed by atoms with Crippen molar-refractivity contribution >= 4 is 0 Å². The third-order valence-corrected chi connectivity index (χ3v) is 6.37. The Hall–Kier alpha value is -4.58. The number of nitrogens with zero attached hydrogens (tertiary/aromatic N) is 2. The first-order chi connectivity index (χ1) is 17.9. The van der Waals surface area contributed by atoms with E-state index >= 15 is 0 Å². The van der Waals surface area contributed by atoms with Gasteiger partial charge in [-0.1, -0.05) is 12.1 Å². The lowest BCUT2D eigenvalue weighted by molar-refractivity contribution is 0.174. The number of nitrogens with two attached hydrogens (primary N) is 1. The molecular weight excluding hydrogens is 474 g/mol.